The van der Waals surface area contributed by atoms with Crippen molar-refractivity contribution in [2.24, 2.45) is 0 Å². The summed E-state index contributed by atoms with van der Waals surface area (Å²) in [5, 5.41) is 3.37. The SMILES string of the molecule is Cc1cc(C)c([N+]2(c3c(C)cc(C)cc3C)[C]NCC2)c(C)c1. The highest BCUT2D eigenvalue weighted by Crippen LogP contribution is 2.45. The van der Waals surface area contributed by atoms with Crippen LogP contribution in [0.15, 0.2) is 24.3 Å². The van der Waals surface area contributed by atoms with Crippen molar-refractivity contribution in [3.8, 4) is 0 Å². The molecule has 1 N–H and O–H groups in total. The Balaban J connectivity index is 2.32. The summed E-state index contributed by atoms with van der Waals surface area (Å²) in [4.78, 5) is 0. The van der Waals surface area contributed by atoms with Crippen LogP contribution in [0.25, 0.3) is 0 Å². The Morgan fingerprint density at radius 1 is 0.739 bits per heavy atom. The lowest BCUT2D eigenvalue weighted by atomic mass is 9.97. The van der Waals surface area contributed by atoms with Gasteiger partial charge in [-0.05, 0) is 41.5 Å². The Hall–Kier alpha value is -1.64. The number of hydrogen-bond donors (Lipinski definition) is 1. The van der Waals surface area contributed by atoms with E-state index in [1.165, 1.54) is 44.8 Å². The minimum atomic E-state index is 0.690. The van der Waals surface area contributed by atoms with Gasteiger partial charge in [-0.25, -0.2) is 9.80 Å². The maximum Gasteiger partial charge on any atom is 0.322 e. The summed E-state index contributed by atoms with van der Waals surface area (Å²) in [6, 6.07) is 9.17. The van der Waals surface area contributed by atoms with Gasteiger partial charge >= 0.3 is 6.67 Å². The van der Waals surface area contributed by atoms with E-state index in [1.807, 2.05) is 0 Å². The van der Waals surface area contributed by atoms with Gasteiger partial charge in [0.2, 0.25) is 0 Å². The summed E-state index contributed by atoms with van der Waals surface area (Å²) in [7, 11) is 0. The molecule has 2 nitrogen and oxygen atoms in total. The van der Waals surface area contributed by atoms with Gasteiger partial charge in [0, 0.05) is 22.3 Å². The van der Waals surface area contributed by atoms with E-state index in [9.17, 15) is 0 Å². The molecule has 0 aliphatic carbocycles. The molecule has 0 spiro atoms. The Morgan fingerprint density at radius 3 is 1.43 bits per heavy atom. The molecule has 1 saturated heterocycles. The van der Waals surface area contributed by atoms with Crippen LogP contribution in [-0.4, -0.2) is 13.1 Å². The second-order valence-electron chi connectivity index (χ2n) is 7.07. The molecule has 1 fully saturated rings. The number of quaternary nitrogens is 1. The molecule has 0 atom stereocenters. The first-order valence-electron chi connectivity index (χ1n) is 8.40. The Bertz CT molecular complexity index is 647. The first-order chi connectivity index (χ1) is 10.8. The van der Waals surface area contributed by atoms with Gasteiger partial charge < -0.3 is 0 Å². The molecule has 0 unspecified atom stereocenters. The third kappa shape index (κ3) is 2.60. The maximum absolute atomic E-state index is 3.59. The van der Waals surface area contributed by atoms with Crippen LogP contribution >= 0.6 is 0 Å². The minimum Gasteiger partial charge on any atom is -0.244 e. The fraction of sp³-hybridized carbons (Fsp3) is 0.381. The third-order valence-corrected chi connectivity index (χ3v) is 4.88. The van der Waals surface area contributed by atoms with E-state index in [1.54, 1.807) is 0 Å². The first kappa shape index (κ1) is 16.2. The van der Waals surface area contributed by atoms with Crippen LogP contribution in [0.2, 0.25) is 0 Å². The molecule has 2 heteroatoms. The second kappa shape index (κ2) is 5.77. The molecule has 0 saturated carbocycles. The molecule has 3 rings (SSSR count). The summed E-state index contributed by atoms with van der Waals surface area (Å²) in [6.07, 6.45) is 0. The fourth-order valence-corrected chi connectivity index (χ4v) is 4.47. The van der Waals surface area contributed by atoms with E-state index < -0.39 is 0 Å². The molecule has 1 aliphatic rings. The van der Waals surface area contributed by atoms with Crippen LogP contribution in [0.5, 0.6) is 0 Å². The van der Waals surface area contributed by atoms with Gasteiger partial charge in [0.25, 0.3) is 0 Å². The van der Waals surface area contributed by atoms with Gasteiger partial charge in [0.1, 0.15) is 17.9 Å². The normalized spacial score (nSPS) is 16.8. The van der Waals surface area contributed by atoms with E-state index in [2.05, 4.69) is 77.8 Å². The maximum atomic E-state index is 3.59. The summed E-state index contributed by atoms with van der Waals surface area (Å²) in [5.74, 6) is 0. The molecule has 0 bridgehead atoms. The summed E-state index contributed by atoms with van der Waals surface area (Å²) in [5.41, 5.74) is 10.8. The summed E-state index contributed by atoms with van der Waals surface area (Å²) < 4.78 is 0.690. The number of aryl methyl sites for hydroxylation is 6. The number of rotatable bonds is 2. The molecule has 1 aliphatic heterocycles. The predicted molar refractivity (Wildman–Crippen MR) is 98.9 cm³/mol. The zero-order valence-electron chi connectivity index (χ0n) is 15.2. The van der Waals surface area contributed by atoms with Crippen LogP contribution < -0.4 is 9.80 Å². The topological polar surface area (TPSA) is 12.0 Å². The highest BCUT2D eigenvalue weighted by Gasteiger charge is 2.44. The number of benzene rings is 2. The van der Waals surface area contributed by atoms with Crippen molar-refractivity contribution < 1.29 is 0 Å². The number of nitrogens with zero attached hydrogens (tertiary/aromatic N) is 1. The Kier molecular flexibility index (Phi) is 4.07. The van der Waals surface area contributed by atoms with Gasteiger partial charge in [0.05, 0.1) is 6.54 Å². The van der Waals surface area contributed by atoms with Gasteiger partial charge in [-0.1, -0.05) is 35.4 Å². The van der Waals surface area contributed by atoms with Crippen LogP contribution in [0.1, 0.15) is 33.4 Å². The average molecular weight is 307 g/mol. The van der Waals surface area contributed by atoms with E-state index >= 15 is 0 Å². The lowest BCUT2D eigenvalue weighted by molar-refractivity contribution is 0.514. The van der Waals surface area contributed by atoms with Crippen LogP contribution in [0, 0.1) is 48.2 Å². The zero-order chi connectivity index (χ0) is 16.8. The molecule has 120 valence electrons. The summed E-state index contributed by atoms with van der Waals surface area (Å²) >= 11 is 0. The first-order valence-corrected chi connectivity index (χ1v) is 8.40. The molecule has 2 aromatic rings. The average Bonchev–Trinajstić information content (AvgIpc) is 2.85. The van der Waals surface area contributed by atoms with Crippen molar-refractivity contribution in [2.75, 3.05) is 13.1 Å². The highest BCUT2D eigenvalue weighted by molar-refractivity contribution is 5.72. The van der Waals surface area contributed by atoms with Crippen molar-refractivity contribution in [1.82, 2.24) is 9.80 Å². The minimum absolute atomic E-state index is 0.690. The Morgan fingerprint density at radius 2 is 1.13 bits per heavy atom. The standard InChI is InChI=1S/C21H27N2/c1-14-9-16(3)20(17(4)10-14)23(8-7-22-13-23)21-18(5)11-15(2)12-19(21)6/h9-12,22H,7-8H2,1-6H3/q+1. The Labute approximate surface area is 140 Å². The van der Waals surface area contributed by atoms with E-state index in [0.29, 0.717) is 4.48 Å². The second-order valence-corrected chi connectivity index (χ2v) is 7.07. The smallest absolute Gasteiger partial charge is 0.244 e. The van der Waals surface area contributed by atoms with Gasteiger partial charge in [-0.3, -0.25) is 0 Å². The molecule has 2 radical (unpaired) electrons. The zero-order valence-corrected chi connectivity index (χ0v) is 15.2. The number of nitrogens with one attached hydrogen (secondary N) is 1. The van der Waals surface area contributed by atoms with Crippen LogP contribution in [0.4, 0.5) is 11.4 Å². The molecular weight excluding hydrogens is 280 g/mol. The monoisotopic (exact) mass is 307 g/mol. The van der Waals surface area contributed by atoms with Crippen LogP contribution in [0.3, 0.4) is 0 Å². The molecular formula is C21H27N2+. The van der Waals surface area contributed by atoms with Crippen molar-refractivity contribution in [3.63, 3.8) is 0 Å². The molecule has 1 heterocycles. The fourth-order valence-electron chi connectivity index (χ4n) is 4.47. The highest BCUT2D eigenvalue weighted by atomic mass is 15.5. The predicted octanol–water partition coefficient (Wildman–Crippen LogP) is 4.78. The van der Waals surface area contributed by atoms with Gasteiger partial charge in [0.15, 0.2) is 0 Å². The molecule has 0 aromatic heterocycles. The van der Waals surface area contributed by atoms with Crippen LogP contribution in [-0.2, 0) is 0 Å². The molecule has 23 heavy (non-hydrogen) atoms. The quantitative estimate of drug-likeness (QED) is 0.788. The van der Waals surface area contributed by atoms with E-state index in [0.717, 1.165) is 13.1 Å². The van der Waals surface area contributed by atoms with Crippen molar-refractivity contribution >= 4 is 11.4 Å². The van der Waals surface area contributed by atoms with Crippen molar-refractivity contribution in [1.29, 1.82) is 0 Å². The summed E-state index contributed by atoms with van der Waals surface area (Å²) in [6.45, 7) is 18.8. The third-order valence-electron chi connectivity index (χ3n) is 4.88. The van der Waals surface area contributed by atoms with Crippen molar-refractivity contribution in [3.05, 3.63) is 64.3 Å². The number of hydrogen-bond acceptors (Lipinski definition) is 1. The van der Waals surface area contributed by atoms with E-state index in [4.69, 9.17) is 0 Å². The molecule has 2 aromatic carbocycles. The largest absolute Gasteiger partial charge is 0.322 e. The van der Waals surface area contributed by atoms with E-state index in [-0.39, 0.29) is 0 Å². The van der Waals surface area contributed by atoms with Gasteiger partial charge in [-0.15, -0.1) is 0 Å². The lowest BCUT2D eigenvalue weighted by Gasteiger charge is -2.35. The molecule has 0 amide bonds. The van der Waals surface area contributed by atoms with Gasteiger partial charge in [-0.2, -0.15) is 0 Å². The lowest BCUT2D eigenvalue weighted by Crippen LogP contribution is -2.41. The van der Waals surface area contributed by atoms with Crippen molar-refractivity contribution in [2.45, 2.75) is 41.5 Å².